The predicted molar refractivity (Wildman–Crippen MR) is 136 cm³/mol. The average Bonchev–Trinajstić information content (AvgIpc) is 3.18. The van der Waals surface area contributed by atoms with Crippen LogP contribution in [0.2, 0.25) is 5.02 Å². The Morgan fingerprint density at radius 1 is 1.00 bits per heavy atom. The molecule has 0 spiro atoms. The molecule has 0 aromatic heterocycles. The number of benzene rings is 3. The van der Waals surface area contributed by atoms with E-state index in [1.807, 2.05) is 48.5 Å². The Bertz CT molecular complexity index is 1230. The van der Waals surface area contributed by atoms with E-state index in [1.54, 1.807) is 6.07 Å². The summed E-state index contributed by atoms with van der Waals surface area (Å²) < 4.78 is 12.1. The van der Waals surface area contributed by atoms with Gasteiger partial charge in [-0.2, -0.15) is 0 Å². The van der Waals surface area contributed by atoms with Crippen molar-refractivity contribution >= 4 is 29.1 Å². The maximum absolute atomic E-state index is 13.1. The van der Waals surface area contributed by atoms with Gasteiger partial charge in [0.2, 0.25) is 5.78 Å². The van der Waals surface area contributed by atoms with Gasteiger partial charge in [0.15, 0.2) is 5.76 Å². The number of hydrogen-bond acceptors (Lipinski definition) is 5. The Morgan fingerprint density at radius 3 is 2.44 bits per heavy atom. The summed E-state index contributed by atoms with van der Waals surface area (Å²) in [4.78, 5) is 17.5. The lowest BCUT2D eigenvalue weighted by Gasteiger charge is -2.29. The van der Waals surface area contributed by atoms with Gasteiger partial charge in [-0.1, -0.05) is 35.9 Å². The monoisotopic (exact) mass is 474 g/mol. The van der Waals surface area contributed by atoms with E-state index >= 15 is 0 Å². The Hall–Kier alpha value is -3.28. The zero-order chi connectivity index (χ0) is 23.7. The van der Waals surface area contributed by atoms with Crippen molar-refractivity contribution in [2.24, 2.45) is 0 Å². The summed E-state index contributed by atoms with van der Waals surface area (Å²) in [5.41, 5.74) is 4.74. The van der Waals surface area contributed by atoms with Gasteiger partial charge >= 0.3 is 0 Å². The van der Waals surface area contributed by atoms with E-state index in [0.29, 0.717) is 30.3 Å². The summed E-state index contributed by atoms with van der Waals surface area (Å²) in [6, 6.07) is 19.7. The van der Waals surface area contributed by atoms with Crippen molar-refractivity contribution in [3.05, 3.63) is 93.7 Å². The standard InChI is InChI=1S/C28H27ClN2O3/c1-3-31(4-2)22-11-7-19(8-12-22)15-26-27(32)23-13-14-25-24(28(23)34-26)17-30(18-33-25)16-20-5-9-21(29)10-6-20/h5-15H,3-4,16-18H2,1-2H3/b26-15-. The predicted octanol–water partition coefficient (Wildman–Crippen LogP) is 6.15. The highest BCUT2D eigenvalue weighted by molar-refractivity contribution is 6.30. The Balaban J connectivity index is 1.36. The lowest BCUT2D eigenvalue weighted by molar-refractivity contribution is 0.0873. The first-order valence-electron chi connectivity index (χ1n) is 11.6. The minimum absolute atomic E-state index is 0.0968. The highest BCUT2D eigenvalue weighted by atomic mass is 35.5. The fraction of sp³-hybridized carbons (Fsp3) is 0.250. The van der Waals surface area contributed by atoms with Crippen molar-refractivity contribution in [3.63, 3.8) is 0 Å². The summed E-state index contributed by atoms with van der Waals surface area (Å²) in [5, 5.41) is 0.718. The minimum atomic E-state index is -0.0968. The molecule has 0 atom stereocenters. The van der Waals surface area contributed by atoms with Gasteiger partial charge in [-0.15, -0.1) is 0 Å². The molecule has 0 aliphatic carbocycles. The second-order valence-electron chi connectivity index (χ2n) is 8.51. The highest BCUT2D eigenvalue weighted by Gasteiger charge is 2.33. The topological polar surface area (TPSA) is 42.0 Å². The molecule has 3 aromatic carbocycles. The van der Waals surface area contributed by atoms with Gasteiger partial charge in [0.05, 0.1) is 11.1 Å². The maximum atomic E-state index is 13.1. The lowest BCUT2D eigenvalue weighted by Crippen LogP contribution is -2.31. The molecule has 0 saturated heterocycles. The Morgan fingerprint density at radius 2 is 1.74 bits per heavy atom. The van der Waals surface area contributed by atoms with Crippen LogP contribution in [0.25, 0.3) is 6.08 Å². The third kappa shape index (κ3) is 4.41. The number of nitrogens with zero attached hydrogens (tertiary/aromatic N) is 2. The number of allylic oxidation sites excluding steroid dienone is 1. The largest absolute Gasteiger partial charge is 0.478 e. The fourth-order valence-electron chi connectivity index (χ4n) is 4.48. The molecule has 2 heterocycles. The number of hydrogen-bond donors (Lipinski definition) is 0. The van der Waals surface area contributed by atoms with Crippen LogP contribution in [0.15, 0.2) is 66.4 Å². The molecular weight excluding hydrogens is 448 g/mol. The van der Waals surface area contributed by atoms with Gasteiger partial charge in [0.25, 0.3) is 0 Å². The Labute approximate surface area is 205 Å². The molecule has 0 bridgehead atoms. The number of ether oxygens (including phenoxy) is 2. The fourth-order valence-corrected chi connectivity index (χ4v) is 4.60. The van der Waals surface area contributed by atoms with Crippen LogP contribution in [-0.4, -0.2) is 30.5 Å². The van der Waals surface area contributed by atoms with Gasteiger partial charge in [-0.05, 0) is 67.4 Å². The van der Waals surface area contributed by atoms with Crippen LogP contribution in [0.5, 0.6) is 11.5 Å². The van der Waals surface area contributed by atoms with Gasteiger partial charge in [0.1, 0.15) is 18.2 Å². The number of carbonyl (C=O) groups is 1. The van der Waals surface area contributed by atoms with E-state index in [-0.39, 0.29) is 5.78 Å². The minimum Gasteiger partial charge on any atom is -0.478 e. The van der Waals surface area contributed by atoms with Crippen LogP contribution in [0.4, 0.5) is 5.69 Å². The number of Topliss-reactive ketones (excluding diaryl/α,β-unsaturated/α-hetero) is 1. The SMILES string of the molecule is CCN(CC)c1ccc(/C=C2\Oc3c(ccc4c3CN(Cc3ccc(Cl)cc3)CO4)C2=O)cc1. The Kier molecular flexibility index (Phi) is 6.31. The first-order valence-corrected chi connectivity index (χ1v) is 12.0. The average molecular weight is 475 g/mol. The van der Waals surface area contributed by atoms with E-state index in [4.69, 9.17) is 21.1 Å². The van der Waals surface area contributed by atoms with Gasteiger partial charge < -0.3 is 14.4 Å². The summed E-state index contributed by atoms with van der Waals surface area (Å²) in [6.45, 7) is 8.03. The molecule has 0 N–H and O–H groups in total. The number of carbonyl (C=O) groups excluding carboxylic acids is 1. The lowest BCUT2D eigenvalue weighted by atomic mass is 10.0. The van der Waals surface area contributed by atoms with Crippen molar-refractivity contribution in [1.82, 2.24) is 4.90 Å². The molecule has 6 heteroatoms. The molecule has 0 saturated carbocycles. The smallest absolute Gasteiger partial charge is 0.231 e. The molecule has 0 amide bonds. The highest BCUT2D eigenvalue weighted by Crippen LogP contribution is 2.42. The first kappa shape index (κ1) is 22.5. The molecule has 2 aliphatic heterocycles. The number of halogens is 1. The molecule has 2 aliphatic rings. The number of rotatable bonds is 6. The van der Waals surface area contributed by atoms with Crippen LogP contribution in [0, 0.1) is 0 Å². The summed E-state index contributed by atoms with van der Waals surface area (Å²) in [7, 11) is 0. The number of anilines is 1. The molecule has 3 aromatic rings. The summed E-state index contributed by atoms with van der Waals surface area (Å²) in [6.07, 6.45) is 1.82. The third-order valence-electron chi connectivity index (χ3n) is 6.32. The van der Waals surface area contributed by atoms with E-state index in [1.165, 1.54) is 5.69 Å². The molecule has 0 unspecified atom stereocenters. The molecule has 174 valence electrons. The first-order chi connectivity index (χ1) is 16.6. The van der Waals surface area contributed by atoms with Gasteiger partial charge in [-0.25, -0.2) is 0 Å². The second kappa shape index (κ2) is 9.53. The van der Waals surface area contributed by atoms with Crippen LogP contribution in [0.1, 0.15) is 40.9 Å². The van der Waals surface area contributed by atoms with E-state index in [9.17, 15) is 4.79 Å². The molecular formula is C28H27ClN2O3. The zero-order valence-corrected chi connectivity index (χ0v) is 20.1. The molecule has 5 nitrogen and oxygen atoms in total. The number of ketones is 1. The van der Waals surface area contributed by atoms with Crippen LogP contribution >= 0.6 is 11.6 Å². The van der Waals surface area contributed by atoms with Crippen molar-refractivity contribution in [1.29, 1.82) is 0 Å². The van der Waals surface area contributed by atoms with Crippen molar-refractivity contribution in [2.45, 2.75) is 26.9 Å². The zero-order valence-electron chi connectivity index (χ0n) is 19.4. The second-order valence-corrected chi connectivity index (χ2v) is 8.95. The quantitative estimate of drug-likeness (QED) is 0.400. The molecule has 5 rings (SSSR count). The van der Waals surface area contributed by atoms with Crippen LogP contribution in [-0.2, 0) is 13.1 Å². The van der Waals surface area contributed by atoms with Crippen LogP contribution in [0.3, 0.4) is 0 Å². The van der Waals surface area contributed by atoms with E-state index in [2.05, 4.69) is 35.8 Å². The summed E-state index contributed by atoms with van der Waals surface area (Å²) in [5.74, 6) is 1.62. The maximum Gasteiger partial charge on any atom is 0.231 e. The summed E-state index contributed by atoms with van der Waals surface area (Å²) >= 11 is 6.01. The van der Waals surface area contributed by atoms with Gasteiger partial charge in [0, 0.05) is 36.9 Å². The van der Waals surface area contributed by atoms with Crippen molar-refractivity contribution in [2.75, 3.05) is 24.7 Å². The normalized spacial score (nSPS) is 16.1. The molecule has 0 fully saturated rings. The van der Waals surface area contributed by atoms with Gasteiger partial charge in [-0.3, -0.25) is 9.69 Å². The third-order valence-corrected chi connectivity index (χ3v) is 6.57. The van der Waals surface area contributed by atoms with Crippen molar-refractivity contribution in [3.8, 4) is 11.5 Å². The molecule has 0 radical (unpaired) electrons. The van der Waals surface area contributed by atoms with E-state index in [0.717, 1.165) is 47.1 Å². The molecule has 34 heavy (non-hydrogen) atoms. The van der Waals surface area contributed by atoms with Crippen molar-refractivity contribution < 1.29 is 14.3 Å². The number of fused-ring (bicyclic) bond motifs is 3. The van der Waals surface area contributed by atoms with Crippen LogP contribution < -0.4 is 14.4 Å². The van der Waals surface area contributed by atoms with E-state index < -0.39 is 0 Å².